The number of carbonyl (C=O) groups is 1. The van der Waals surface area contributed by atoms with Gasteiger partial charge in [-0.25, -0.2) is 4.79 Å². The third kappa shape index (κ3) is 3.92. The molecule has 0 aliphatic heterocycles. The van der Waals surface area contributed by atoms with Crippen molar-refractivity contribution in [1.29, 1.82) is 0 Å². The summed E-state index contributed by atoms with van der Waals surface area (Å²) in [5.74, 6) is -0.401. The zero-order valence-corrected chi connectivity index (χ0v) is 13.2. The number of benzene rings is 1. The second-order valence-corrected chi connectivity index (χ2v) is 6.54. The van der Waals surface area contributed by atoms with E-state index in [1.165, 1.54) is 7.11 Å². The van der Waals surface area contributed by atoms with Gasteiger partial charge in [0, 0.05) is 0 Å². The van der Waals surface area contributed by atoms with Gasteiger partial charge >= 0.3 is 13.6 Å². The molecule has 1 atom stereocenters. The molecule has 0 spiro atoms. The van der Waals surface area contributed by atoms with Gasteiger partial charge in [0.15, 0.2) is 0 Å². The molecule has 0 N–H and O–H groups in total. The van der Waals surface area contributed by atoms with Crippen LogP contribution in [0.2, 0.25) is 0 Å². The molecule has 0 amide bonds. The van der Waals surface area contributed by atoms with Crippen LogP contribution in [0.3, 0.4) is 0 Å². The van der Waals surface area contributed by atoms with Gasteiger partial charge in [0.05, 0.1) is 31.5 Å². The van der Waals surface area contributed by atoms with Crippen LogP contribution in [0.15, 0.2) is 24.3 Å². The largest absolute Gasteiger partial charge is 0.465 e. The standard InChI is InChI=1S/C14H21O5P/c1-5-18-20(16,19-6-2)11(3)12-7-9-13(10-8-12)14(15)17-4/h7-11H,5-6H2,1-4H3. The van der Waals surface area contributed by atoms with Crippen LogP contribution in [0.4, 0.5) is 0 Å². The summed E-state index contributed by atoms with van der Waals surface area (Å²) in [5, 5.41) is 0. The number of rotatable bonds is 7. The summed E-state index contributed by atoms with van der Waals surface area (Å²) >= 11 is 0. The van der Waals surface area contributed by atoms with Gasteiger partial charge < -0.3 is 13.8 Å². The Morgan fingerprint density at radius 2 is 1.65 bits per heavy atom. The number of ether oxygens (including phenoxy) is 1. The zero-order chi connectivity index (χ0) is 15.2. The molecule has 1 unspecified atom stereocenters. The lowest BCUT2D eigenvalue weighted by Gasteiger charge is -2.23. The monoisotopic (exact) mass is 300 g/mol. The third-order valence-corrected chi connectivity index (χ3v) is 5.39. The summed E-state index contributed by atoms with van der Waals surface area (Å²) in [5.41, 5.74) is 0.850. The van der Waals surface area contributed by atoms with Gasteiger partial charge in [-0.3, -0.25) is 4.57 Å². The molecule has 1 aromatic rings. The Kier molecular flexibility index (Phi) is 6.40. The highest BCUT2D eigenvalue weighted by atomic mass is 31.2. The normalized spacial score (nSPS) is 13.0. The van der Waals surface area contributed by atoms with Crippen LogP contribution in [0, 0.1) is 0 Å². The summed E-state index contributed by atoms with van der Waals surface area (Å²) in [7, 11) is -1.86. The minimum Gasteiger partial charge on any atom is -0.465 e. The topological polar surface area (TPSA) is 61.8 Å². The predicted octanol–water partition coefficient (Wildman–Crippen LogP) is 3.80. The minimum atomic E-state index is -3.19. The lowest BCUT2D eigenvalue weighted by Crippen LogP contribution is -2.05. The number of esters is 1. The summed E-state index contributed by atoms with van der Waals surface area (Å²) in [6.45, 7) is 5.99. The summed E-state index contributed by atoms with van der Waals surface area (Å²) < 4.78 is 27.9. The van der Waals surface area contributed by atoms with Crippen LogP contribution in [0.25, 0.3) is 0 Å². The fourth-order valence-electron chi connectivity index (χ4n) is 1.82. The van der Waals surface area contributed by atoms with Crippen molar-refractivity contribution in [2.75, 3.05) is 20.3 Å². The highest BCUT2D eigenvalue weighted by Gasteiger charge is 2.33. The van der Waals surface area contributed by atoms with Gasteiger partial charge in [0.1, 0.15) is 0 Å². The van der Waals surface area contributed by atoms with Crippen LogP contribution in [0.5, 0.6) is 0 Å². The van der Waals surface area contributed by atoms with Crippen LogP contribution in [0.1, 0.15) is 42.4 Å². The minimum absolute atomic E-state index is 0.321. The van der Waals surface area contributed by atoms with E-state index in [4.69, 9.17) is 9.05 Å². The van der Waals surface area contributed by atoms with Crippen LogP contribution >= 0.6 is 7.60 Å². The molecule has 0 heterocycles. The molecule has 0 aliphatic rings. The fraction of sp³-hybridized carbons (Fsp3) is 0.500. The first-order chi connectivity index (χ1) is 9.48. The van der Waals surface area contributed by atoms with Crippen molar-refractivity contribution in [2.24, 2.45) is 0 Å². The highest BCUT2D eigenvalue weighted by molar-refractivity contribution is 7.54. The van der Waals surface area contributed by atoms with Crippen molar-refractivity contribution >= 4 is 13.6 Å². The Bertz CT molecular complexity index is 473. The third-order valence-electron chi connectivity index (χ3n) is 2.91. The lowest BCUT2D eigenvalue weighted by molar-refractivity contribution is 0.0600. The molecular weight excluding hydrogens is 279 g/mol. The summed E-state index contributed by atoms with van der Waals surface area (Å²) in [6, 6.07) is 6.75. The van der Waals surface area contributed by atoms with Crippen LogP contribution in [-0.4, -0.2) is 26.3 Å². The zero-order valence-electron chi connectivity index (χ0n) is 12.3. The predicted molar refractivity (Wildman–Crippen MR) is 77.1 cm³/mol. The maximum absolute atomic E-state index is 12.7. The maximum Gasteiger partial charge on any atom is 0.337 e. The van der Waals surface area contributed by atoms with Crippen molar-refractivity contribution in [3.8, 4) is 0 Å². The van der Waals surface area contributed by atoms with E-state index in [-0.39, 0.29) is 0 Å². The molecule has 20 heavy (non-hydrogen) atoms. The molecule has 6 heteroatoms. The fourth-order valence-corrected chi connectivity index (χ4v) is 3.60. The molecule has 1 aromatic carbocycles. The smallest absolute Gasteiger partial charge is 0.337 e. The Hall–Kier alpha value is -1.16. The Morgan fingerprint density at radius 1 is 1.15 bits per heavy atom. The molecule has 0 fully saturated rings. The van der Waals surface area contributed by atoms with E-state index >= 15 is 0 Å². The first kappa shape index (κ1) is 16.9. The van der Waals surface area contributed by atoms with E-state index in [0.717, 1.165) is 5.56 Å². The molecule has 5 nitrogen and oxygen atoms in total. The van der Waals surface area contributed by atoms with Gasteiger partial charge in [0.25, 0.3) is 0 Å². The highest BCUT2D eigenvalue weighted by Crippen LogP contribution is 2.60. The van der Waals surface area contributed by atoms with Crippen molar-refractivity contribution in [3.05, 3.63) is 35.4 Å². The molecule has 0 saturated heterocycles. The van der Waals surface area contributed by atoms with Crippen LogP contribution in [-0.2, 0) is 18.3 Å². The average molecular weight is 300 g/mol. The number of hydrogen-bond donors (Lipinski definition) is 0. The van der Waals surface area contributed by atoms with Gasteiger partial charge in [-0.1, -0.05) is 12.1 Å². The first-order valence-corrected chi connectivity index (χ1v) is 8.16. The van der Waals surface area contributed by atoms with E-state index in [1.54, 1.807) is 45.0 Å². The van der Waals surface area contributed by atoms with Gasteiger partial charge in [-0.05, 0) is 38.5 Å². The van der Waals surface area contributed by atoms with Crippen molar-refractivity contribution in [1.82, 2.24) is 0 Å². The van der Waals surface area contributed by atoms with Gasteiger partial charge in [-0.2, -0.15) is 0 Å². The van der Waals surface area contributed by atoms with E-state index in [2.05, 4.69) is 4.74 Å². The van der Waals surface area contributed by atoms with Gasteiger partial charge in [-0.15, -0.1) is 0 Å². The van der Waals surface area contributed by atoms with E-state index < -0.39 is 19.2 Å². The molecule has 1 rings (SSSR count). The van der Waals surface area contributed by atoms with Crippen molar-refractivity contribution in [3.63, 3.8) is 0 Å². The van der Waals surface area contributed by atoms with E-state index in [0.29, 0.717) is 18.8 Å². The molecule has 112 valence electrons. The van der Waals surface area contributed by atoms with E-state index in [9.17, 15) is 9.36 Å². The molecule has 0 radical (unpaired) electrons. The Balaban J connectivity index is 2.98. The van der Waals surface area contributed by atoms with Crippen molar-refractivity contribution < 1.29 is 23.1 Å². The Labute approximate surface area is 119 Å². The Morgan fingerprint density at radius 3 is 2.05 bits per heavy atom. The number of methoxy groups -OCH3 is 1. The number of hydrogen-bond acceptors (Lipinski definition) is 5. The van der Waals surface area contributed by atoms with E-state index in [1.807, 2.05) is 0 Å². The quantitative estimate of drug-likeness (QED) is 0.566. The molecular formula is C14H21O5P. The summed E-state index contributed by atoms with van der Waals surface area (Å²) in [4.78, 5) is 11.4. The molecule has 0 bridgehead atoms. The average Bonchev–Trinajstić information content (AvgIpc) is 2.46. The van der Waals surface area contributed by atoms with Crippen LogP contribution < -0.4 is 0 Å². The first-order valence-electron chi connectivity index (χ1n) is 6.55. The second kappa shape index (κ2) is 7.58. The second-order valence-electron chi connectivity index (χ2n) is 4.16. The summed E-state index contributed by atoms with van der Waals surface area (Å²) in [6.07, 6.45) is 0. The lowest BCUT2D eigenvalue weighted by atomic mass is 10.1. The SMILES string of the molecule is CCOP(=O)(OCC)C(C)c1ccc(C(=O)OC)cc1. The maximum atomic E-state index is 12.7. The van der Waals surface area contributed by atoms with Gasteiger partial charge in [0.2, 0.25) is 0 Å². The molecule has 0 aliphatic carbocycles. The number of carbonyl (C=O) groups excluding carboxylic acids is 1. The van der Waals surface area contributed by atoms with Crippen molar-refractivity contribution in [2.45, 2.75) is 26.4 Å². The molecule has 0 aromatic heterocycles. The molecule has 0 saturated carbocycles.